The number of rotatable bonds is 6. The molecule has 1 aromatic carbocycles. The lowest BCUT2D eigenvalue weighted by Gasteiger charge is -2.14. The van der Waals surface area contributed by atoms with Gasteiger partial charge in [0.25, 0.3) is 5.91 Å². The third kappa shape index (κ3) is 4.95. The van der Waals surface area contributed by atoms with Crippen LogP contribution >= 0.6 is 0 Å². The molecule has 0 aliphatic rings. The lowest BCUT2D eigenvalue weighted by atomic mass is 10.1. The highest BCUT2D eigenvalue weighted by molar-refractivity contribution is 5.97. The minimum Gasteiger partial charge on any atom is -0.469 e. The van der Waals surface area contributed by atoms with Crippen LogP contribution < -0.4 is 11.1 Å². The number of benzene rings is 1. The van der Waals surface area contributed by atoms with Crippen molar-refractivity contribution in [1.82, 2.24) is 5.32 Å². The third-order valence-corrected chi connectivity index (χ3v) is 2.79. The molecule has 0 saturated heterocycles. The van der Waals surface area contributed by atoms with Gasteiger partial charge in [0, 0.05) is 12.0 Å². The molecular formula is C14H15N3O4. The molecular weight excluding hydrogens is 274 g/mol. The maximum atomic E-state index is 12.0. The summed E-state index contributed by atoms with van der Waals surface area (Å²) in [5, 5.41) is 11.1. The monoisotopic (exact) mass is 289 g/mol. The number of nitrogens with one attached hydrogen (secondary N) is 1. The van der Waals surface area contributed by atoms with Crippen LogP contribution in [0, 0.1) is 11.3 Å². The molecule has 0 radical (unpaired) electrons. The number of carbonyl (C=O) groups excluding carboxylic acids is 3. The molecule has 3 N–H and O–H groups in total. The molecule has 0 aromatic heterocycles. The zero-order chi connectivity index (χ0) is 15.8. The molecule has 0 spiro atoms. The Hall–Kier alpha value is -2.88. The second-order valence-corrected chi connectivity index (χ2v) is 4.23. The van der Waals surface area contributed by atoms with Gasteiger partial charge in [-0.05, 0) is 30.7 Å². The average Bonchev–Trinajstić information content (AvgIpc) is 2.50. The first kappa shape index (κ1) is 16.2. The Morgan fingerprint density at radius 1 is 1.33 bits per heavy atom. The van der Waals surface area contributed by atoms with Crippen LogP contribution in [0.1, 0.15) is 28.8 Å². The van der Waals surface area contributed by atoms with Gasteiger partial charge in [0.15, 0.2) is 0 Å². The molecule has 21 heavy (non-hydrogen) atoms. The van der Waals surface area contributed by atoms with Crippen molar-refractivity contribution in [2.75, 3.05) is 7.11 Å². The van der Waals surface area contributed by atoms with E-state index in [9.17, 15) is 14.4 Å². The number of hydrogen-bond donors (Lipinski definition) is 2. The third-order valence-electron chi connectivity index (χ3n) is 2.79. The maximum Gasteiger partial charge on any atom is 0.305 e. The number of esters is 1. The van der Waals surface area contributed by atoms with Crippen molar-refractivity contribution in [3.8, 4) is 6.07 Å². The highest BCUT2D eigenvalue weighted by Gasteiger charge is 2.20. The minimum absolute atomic E-state index is 0.0300. The molecule has 7 heteroatoms. The highest BCUT2D eigenvalue weighted by atomic mass is 16.5. The number of primary amides is 1. The maximum absolute atomic E-state index is 12.0. The normalized spacial score (nSPS) is 11.0. The minimum atomic E-state index is -0.966. The van der Waals surface area contributed by atoms with E-state index in [0.717, 1.165) is 0 Å². The van der Waals surface area contributed by atoms with E-state index in [1.165, 1.54) is 31.4 Å². The number of hydrogen-bond acceptors (Lipinski definition) is 5. The number of nitrogens with zero attached hydrogens (tertiary/aromatic N) is 1. The van der Waals surface area contributed by atoms with Crippen LogP contribution in [0.25, 0.3) is 0 Å². The van der Waals surface area contributed by atoms with Gasteiger partial charge in [0.2, 0.25) is 5.91 Å². The predicted molar refractivity (Wildman–Crippen MR) is 72.9 cm³/mol. The van der Waals surface area contributed by atoms with E-state index in [1.807, 2.05) is 6.07 Å². The van der Waals surface area contributed by atoms with Crippen molar-refractivity contribution in [3.05, 3.63) is 35.4 Å². The Bertz CT molecular complexity index is 575. The van der Waals surface area contributed by atoms with Gasteiger partial charge in [-0.25, -0.2) is 0 Å². The number of amides is 2. The summed E-state index contributed by atoms with van der Waals surface area (Å²) in [6.07, 6.45) is 0.0295. The van der Waals surface area contributed by atoms with E-state index in [0.29, 0.717) is 11.1 Å². The molecule has 0 aliphatic carbocycles. The standard InChI is InChI=1S/C14H15N3O4/c1-21-12(18)7-6-11(13(16)19)17-14(20)10-4-2-9(8-15)3-5-10/h2-5,11H,6-7H2,1H3,(H2,16,19)(H,17,20)/t11-/m0/s1. The fourth-order valence-electron chi connectivity index (χ4n) is 1.59. The fraction of sp³-hybridized carbons (Fsp3) is 0.286. The zero-order valence-electron chi connectivity index (χ0n) is 11.5. The van der Waals surface area contributed by atoms with Gasteiger partial charge >= 0.3 is 5.97 Å². The van der Waals surface area contributed by atoms with E-state index < -0.39 is 23.8 Å². The van der Waals surface area contributed by atoms with Gasteiger partial charge in [-0.2, -0.15) is 5.26 Å². The van der Waals surface area contributed by atoms with Crippen molar-refractivity contribution in [2.45, 2.75) is 18.9 Å². The summed E-state index contributed by atoms with van der Waals surface area (Å²) >= 11 is 0. The Kier molecular flexibility index (Phi) is 5.89. The van der Waals surface area contributed by atoms with Crippen molar-refractivity contribution in [2.24, 2.45) is 5.73 Å². The van der Waals surface area contributed by atoms with Crippen LogP contribution in [0.2, 0.25) is 0 Å². The predicted octanol–water partition coefficient (Wildman–Crippen LogP) is 0.0952. The fourth-order valence-corrected chi connectivity index (χ4v) is 1.59. The van der Waals surface area contributed by atoms with E-state index in [1.54, 1.807) is 0 Å². The van der Waals surface area contributed by atoms with Crippen LogP contribution in [0.3, 0.4) is 0 Å². The lowest BCUT2D eigenvalue weighted by Crippen LogP contribution is -2.44. The van der Waals surface area contributed by atoms with Gasteiger partial charge in [-0.3, -0.25) is 14.4 Å². The smallest absolute Gasteiger partial charge is 0.305 e. The summed E-state index contributed by atoms with van der Waals surface area (Å²) < 4.78 is 4.46. The second kappa shape index (κ2) is 7.65. The number of ether oxygens (including phenoxy) is 1. The summed E-state index contributed by atoms with van der Waals surface area (Å²) in [4.78, 5) is 34.3. The molecule has 1 atom stereocenters. The quantitative estimate of drug-likeness (QED) is 0.719. The Labute approximate surface area is 121 Å². The summed E-state index contributed by atoms with van der Waals surface area (Å²) in [5.41, 5.74) is 5.90. The van der Waals surface area contributed by atoms with Gasteiger partial charge in [-0.1, -0.05) is 0 Å². The molecule has 0 unspecified atom stereocenters. The topological polar surface area (TPSA) is 122 Å². The molecule has 0 bridgehead atoms. The number of methoxy groups -OCH3 is 1. The number of nitrogens with two attached hydrogens (primary N) is 1. The van der Waals surface area contributed by atoms with Crippen LogP contribution in [0.4, 0.5) is 0 Å². The molecule has 2 amide bonds. The molecule has 0 saturated carbocycles. The van der Waals surface area contributed by atoms with Gasteiger partial charge in [-0.15, -0.1) is 0 Å². The van der Waals surface area contributed by atoms with E-state index in [4.69, 9.17) is 11.0 Å². The van der Waals surface area contributed by atoms with Gasteiger partial charge < -0.3 is 15.8 Å². The van der Waals surface area contributed by atoms with Crippen LogP contribution in [-0.2, 0) is 14.3 Å². The van der Waals surface area contributed by atoms with E-state index in [2.05, 4.69) is 10.1 Å². The SMILES string of the molecule is COC(=O)CC[C@H](NC(=O)c1ccc(C#N)cc1)C(N)=O. The first-order chi connectivity index (χ1) is 9.97. The summed E-state index contributed by atoms with van der Waals surface area (Å²) in [5.74, 6) is -1.73. The van der Waals surface area contributed by atoms with Crippen molar-refractivity contribution in [3.63, 3.8) is 0 Å². The summed E-state index contributed by atoms with van der Waals surface area (Å²) in [7, 11) is 1.23. The van der Waals surface area contributed by atoms with Crippen molar-refractivity contribution >= 4 is 17.8 Å². The van der Waals surface area contributed by atoms with Crippen molar-refractivity contribution in [1.29, 1.82) is 5.26 Å². The average molecular weight is 289 g/mol. The van der Waals surface area contributed by atoms with Crippen molar-refractivity contribution < 1.29 is 19.1 Å². The lowest BCUT2D eigenvalue weighted by molar-refractivity contribution is -0.140. The van der Waals surface area contributed by atoms with Crippen LogP contribution in [0.15, 0.2) is 24.3 Å². The molecule has 0 heterocycles. The van der Waals surface area contributed by atoms with Crippen LogP contribution in [-0.4, -0.2) is 30.9 Å². The van der Waals surface area contributed by atoms with Gasteiger partial charge in [0.1, 0.15) is 6.04 Å². The van der Waals surface area contributed by atoms with E-state index >= 15 is 0 Å². The molecule has 1 aromatic rings. The molecule has 0 fully saturated rings. The Morgan fingerprint density at radius 2 is 1.95 bits per heavy atom. The highest BCUT2D eigenvalue weighted by Crippen LogP contribution is 2.05. The molecule has 110 valence electrons. The second-order valence-electron chi connectivity index (χ2n) is 4.23. The molecule has 1 rings (SSSR count). The molecule has 0 aliphatic heterocycles. The molecule has 7 nitrogen and oxygen atoms in total. The number of nitriles is 1. The Balaban J connectivity index is 2.69. The Morgan fingerprint density at radius 3 is 2.43 bits per heavy atom. The summed E-state index contributed by atoms with van der Waals surface area (Å²) in [6, 6.07) is 6.88. The van der Waals surface area contributed by atoms with Crippen LogP contribution in [0.5, 0.6) is 0 Å². The van der Waals surface area contributed by atoms with E-state index in [-0.39, 0.29) is 12.8 Å². The summed E-state index contributed by atoms with van der Waals surface area (Å²) in [6.45, 7) is 0. The first-order valence-electron chi connectivity index (χ1n) is 6.15. The first-order valence-corrected chi connectivity index (χ1v) is 6.15. The van der Waals surface area contributed by atoms with Gasteiger partial charge in [0.05, 0.1) is 18.7 Å². The zero-order valence-corrected chi connectivity index (χ0v) is 11.5. The number of carbonyl (C=O) groups is 3. The largest absolute Gasteiger partial charge is 0.469 e.